The number of allylic oxidation sites excluding steroid dienone is 2. The average Bonchev–Trinajstić information content (AvgIpc) is 3.19. The Bertz CT molecular complexity index is 816. The number of amides is 1. The molecule has 1 N–H and O–H groups in total. The van der Waals surface area contributed by atoms with Gasteiger partial charge >= 0.3 is 5.97 Å². The number of benzene rings is 2. The zero-order valence-corrected chi connectivity index (χ0v) is 15.3. The lowest BCUT2D eigenvalue weighted by atomic mass is 10.1. The fourth-order valence-corrected chi connectivity index (χ4v) is 3.07. The molecule has 1 amide bonds. The molecule has 1 aliphatic rings. The number of nitrogens with one attached hydrogen (secondary N) is 1. The normalized spacial score (nSPS) is 16.6. The topological polar surface area (TPSA) is 64.6 Å². The number of esters is 1. The minimum Gasteiger partial charge on any atom is -0.497 e. The highest BCUT2D eigenvalue weighted by atomic mass is 16.5. The summed E-state index contributed by atoms with van der Waals surface area (Å²) in [5.41, 5.74) is 1.21. The minimum absolute atomic E-state index is 0.190. The summed E-state index contributed by atoms with van der Waals surface area (Å²) in [6.07, 6.45) is 5.32. The van der Waals surface area contributed by atoms with Gasteiger partial charge in [-0.1, -0.05) is 48.6 Å². The third kappa shape index (κ3) is 5.20. The van der Waals surface area contributed by atoms with Crippen molar-refractivity contribution in [2.24, 2.45) is 5.92 Å². The van der Waals surface area contributed by atoms with E-state index in [-0.39, 0.29) is 18.3 Å². The van der Waals surface area contributed by atoms with Gasteiger partial charge in [-0.2, -0.15) is 0 Å². The predicted molar refractivity (Wildman–Crippen MR) is 103 cm³/mol. The van der Waals surface area contributed by atoms with Gasteiger partial charge in [0.15, 0.2) is 0 Å². The lowest BCUT2D eigenvalue weighted by Crippen LogP contribution is -2.26. The van der Waals surface area contributed by atoms with E-state index in [0.717, 1.165) is 12.8 Å². The smallest absolute Gasteiger partial charge is 0.307 e. The maximum atomic E-state index is 12.8. The first-order valence-electron chi connectivity index (χ1n) is 9.01. The highest BCUT2D eigenvalue weighted by molar-refractivity contribution is 5.96. The Morgan fingerprint density at radius 3 is 2.67 bits per heavy atom. The second kappa shape index (κ2) is 9.03. The standard InChI is InChI=1S/C22H23NO4/c1-26-19-13-7-12-18(15-19)23-22(25)21(17-10-3-2-4-11-17)27-20(24)14-16-8-5-6-9-16/h2-5,7-8,10-13,15-16,21H,6,9,14H2,1H3,(H,23,25)/t16-,21+/m0/s1. The SMILES string of the molecule is COc1cccc(NC(=O)[C@H](OC(=O)C[C@H]2C=CCC2)c2ccccc2)c1. The number of carbonyl (C=O) groups excluding carboxylic acids is 2. The molecule has 0 spiro atoms. The molecule has 0 radical (unpaired) electrons. The van der Waals surface area contributed by atoms with Crippen molar-refractivity contribution >= 4 is 17.6 Å². The van der Waals surface area contributed by atoms with E-state index in [1.165, 1.54) is 0 Å². The van der Waals surface area contributed by atoms with Crippen molar-refractivity contribution in [3.63, 3.8) is 0 Å². The van der Waals surface area contributed by atoms with E-state index in [2.05, 4.69) is 11.4 Å². The average molecular weight is 365 g/mol. The van der Waals surface area contributed by atoms with Crippen LogP contribution >= 0.6 is 0 Å². The number of ether oxygens (including phenoxy) is 2. The maximum Gasteiger partial charge on any atom is 0.307 e. The molecule has 3 rings (SSSR count). The van der Waals surface area contributed by atoms with Crippen LogP contribution in [0, 0.1) is 5.92 Å². The highest BCUT2D eigenvalue weighted by Crippen LogP contribution is 2.25. The monoisotopic (exact) mass is 365 g/mol. The molecule has 27 heavy (non-hydrogen) atoms. The van der Waals surface area contributed by atoms with Gasteiger partial charge in [-0.15, -0.1) is 0 Å². The van der Waals surface area contributed by atoms with Gasteiger partial charge in [-0.05, 0) is 30.9 Å². The molecule has 0 saturated carbocycles. The quantitative estimate of drug-likeness (QED) is 0.588. The van der Waals surface area contributed by atoms with Gasteiger partial charge in [0.05, 0.1) is 13.5 Å². The summed E-state index contributed by atoms with van der Waals surface area (Å²) in [6, 6.07) is 16.1. The molecule has 0 aliphatic heterocycles. The van der Waals surface area contributed by atoms with Crippen LogP contribution in [-0.4, -0.2) is 19.0 Å². The molecule has 0 heterocycles. The second-order valence-electron chi connectivity index (χ2n) is 6.47. The summed E-state index contributed by atoms with van der Waals surface area (Å²) < 4.78 is 10.8. The van der Waals surface area contributed by atoms with Crippen LogP contribution in [0.3, 0.4) is 0 Å². The lowest BCUT2D eigenvalue weighted by molar-refractivity contribution is -0.155. The van der Waals surface area contributed by atoms with E-state index in [1.54, 1.807) is 43.5 Å². The van der Waals surface area contributed by atoms with Crippen LogP contribution in [0.2, 0.25) is 0 Å². The van der Waals surface area contributed by atoms with Gasteiger partial charge in [0, 0.05) is 17.3 Å². The summed E-state index contributed by atoms with van der Waals surface area (Å²) in [5, 5.41) is 2.80. The molecule has 5 nitrogen and oxygen atoms in total. The third-order valence-corrected chi connectivity index (χ3v) is 4.47. The van der Waals surface area contributed by atoms with Crippen molar-refractivity contribution in [1.82, 2.24) is 0 Å². The van der Waals surface area contributed by atoms with Crippen LogP contribution in [-0.2, 0) is 14.3 Å². The number of methoxy groups -OCH3 is 1. The lowest BCUT2D eigenvalue weighted by Gasteiger charge is -2.19. The predicted octanol–water partition coefficient (Wildman–Crippen LogP) is 4.27. The molecule has 2 aromatic carbocycles. The van der Waals surface area contributed by atoms with E-state index < -0.39 is 12.0 Å². The fraction of sp³-hybridized carbons (Fsp3) is 0.273. The third-order valence-electron chi connectivity index (χ3n) is 4.47. The molecule has 0 saturated heterocycles. The van der Waals surface area contributed by atoms with Crippen molar-refractivity contribution in [1.29, 1.82) is 0 Å². The first kappa shape index (κ1) is 18.7. The summed E-state index contributed by atoms with van der Waals surface area (Å²) in [4.78, 5) is 25.2. The highest BCUT2D eigenvalue weighted by Gasteiger charge is 2.26. The Labute approximate surface area is 159 Å². The molecule has 1 aliphatic carbocycles. The van der Waals surface area contributed by atoms with Gasteiger partial charge in [-0.25, -0.2) is 0 Å². The fourth-order valence-electron chi connectivity index (χ4n) is 3.07. The minimum atomic E-state index is -1.00. The molecule has 0 aromatic heterocycles. The van der Waals surface area contributed by atoms with Crippen LogP contribution in [0.5, 0.6) is 5.75 Å². The van der Waals surface area contributed by atoms with Crippen LogP contribution in [0.25, 0.3) is 0 Å². The number of hydrogen-bond acceptors (Lipinski definition) is 4. The summed E-state index contributed by atoms with van der Waals surface area (Å²) in [5.74, 6) is 0.0513. The van der Waals surface area contributed by atoms with Crippen molar-refractivity contribution < 1.29 is 19.1 Å². The molecular formula is C22H23NO4. The Morgan fingerprint density at radius 1 is 1.15 bits per heavy atom. The Kier molecular flexibility index (Phi) is 6.26. The van der Waals surface area contributed by atoms with Gasteiger partial charge in [0.2, 0.25) is 6.10 Å². The number of rotatable bonds is 7. The van der Waals surface area contributed by atoms with E-state index >= 15 is 0 Å². The van der Waals surface area contributed by atoms with Crippen LogP contribution in [0.15, 0.2) is 66.7 Å². The van der Waals surface area contributed by atoms with Gasteiger partial charge in [0.25, 0.3) is 5.91 Å². The Morgan fingerprint density at radius 2 is 1.96 bits per heavy atom. The van der Waals surface area contributed by atoms with Crippen molar-refractivity contribution in [3.05, 3.63) is 72.3 Å². The van der Waals surface area contributed by atoms with Crippen molar-refractivity contribution in [3.8, 4) is 5.75 Å². The number of anilines is 1. The summed E-state index contributed by atoms with van der Waals surface area (Å²) in [7, 11) is 1.56. The van der Waals surface area contributed by atoms with Gasteiger partial charge in [0.1, 0.15) is 5.75 Å². The van der Waals surface area contributed by atoms with Gasteiger partial charge < -0.3 is 14.8 Å². The van der Waals surface area contributed by atoms with Crippen LogP contribution < -0.4 is 10.1 Å². The molecule has 0 fully saturated rings. The summed E-state index contributed by atoms with van der Waals surface area (Å²) in [6.45, 7) is 0. The molecule has 2 aromatic rings. The molecule has 2 atom stereocenters. The number of hydrogen-bond donors (Lipinski definition) is 1. The van der Waals surface area contributed by atoms with E-state index in [9.17, 15) is 9.59 Å². The first-order chi connectivity index (χ1) is 13.2. The molecular weight excluding hydrogens is 342 g/mol. The Balaban J connectivity index is 1.73. The molecule has 5 heteroatoms. The summed E-state index contributed by atoms with van der Waals surface area (Å²) >= 11 is 0. The Hall–Kier alpha value is -3.08. The van der Waals surface area contributed by atoms with Crippen molar-refractivity contribution in [2.45, 2.75) is 25.4 Å². The zero-order valence-electron chi connectivity index (χ0n) is 15.3. The second-order valence-corrected chi connectivity index (χ2v) is 6.47. The molecule has 0 bridgehead atoms. The van der Waals surface area contributed by atoms with Crippen molar-refractivity contribution in [2.75, 3.05) is 12.4 Å². The maximum absolute atomic E-state index is 12.8. The zero-order chi connectivity index (χ0) is 19.1. The van der Waals surface area contributed by atoms with E-state index in [0.29, 0.717) is 17.0 Å². The number of carbonyl (C=O) groups is 2. The van der Waals surface area contributed by atoms with E-state index in [4.69, 9.17) is 9.47 Å². The largest absolute Gasteiger partial charge is 0.497 e. The first-order valence-corrected chi connectivity index (χ1v) is 9.01. The molecule has 0 unspecified atom stereocenters. The molecule has 140 valence electrons. The van der Waals surface area contributed by atoms with Crippen LogP contribution in [0.4, 0.5) is 5.69 Å². The van der Waals surface area contributed by atoms with E-state index in [1.807, 2.05) is 24.3 Å². The van der Waals surface area contributed by atoms with Gasteiger partial charge in [-0.3, -0.25) is 9.59 Å². The van der Waals surface area contributed by atoms with Crippen LogP contribution in [0.1, 0.15) is 30.9 Å².